The predicted molar refractivity (Wildman–Crippen MR) is 109 cm³/mol. The van der Waals surface area contributed by atoms with Crippen LogP contribution in [0, 0.1) is 20.8 Å². The van der Waals surface area contributed by atoms with Gasteiger partial charge in [-0.25, -0.2) is 18.0 Å². The normalized spacial score (nSPS) is 12.7. The van der Waals surface area contributed by atoms with E-state index >= 15 is 0 Å². The molecule has 2 aromatic carbocycles. The summed E-state index contributed by atoms with van der Waals surface area (Å²) in [6.45, 7) is 6.72. The monoisotopic (exact) mass is 415 g/mol. The van der Waals surface area contributed by atoms with Crippen molar-refractivity contribution in [2.45, 2.75) is 38.6 Å². The molecule has 152 valence electrons. The molecule has 0 spiro atoms. The van der Waals surface area contributed by atoms with E-state index in [9.17, 15) is 18.0 Å². The van der Waals surface area contributed by atoms with Crippen molar-refractivity contribution in [2.75, 3.05) is 0 Å². The molecule has 0 bridgehead atoms. The van der Waals surface area contributed by atoms with Gasteiger partial charge in [0.15, 0.2) is 0 Å². The number of carbonyl (C=O) groups excluding carboxylic acids is 1. The van der Waals surface area contributed by atoms with Crippen LogP contribution in [0.3, 0.4) is 0 Å². The van der Waals surface area contributed by atoms with Crippen LogP contribution in [0.5, 0.6) is 5.75 Å². The van der Waals surface area contributed by atoms with Crippen molar-refractivity contribution in [2.24, 2.45) is 0 Å². The lowest BCUT2D eigenvalue weighted by atomic mass is 10.1. The van der Waals surface area contributed by atoms with Crippen LogP contribution in [0.25, 0.3) is 11.0 Å². The fourth-order valence-corrected chi connectivity index (χ4v) is 3.95. The average Bonchev–Trinajstić information content (AvgIpc) is 2.66. The second-order valence-corrected chi connectivity index (χ2v) is 8.59. The summed E-state index contributed by atoms with van der Waals surface area (Å²) in [5.74, 6) is -0.637. The van der Waals surface area contributed by atoms with E-state index < -0.39 is 27.7 Å². The van der Waals surface area contributed by atoms with Crippen molar-refractivity contribution in [1.29, 1.82) is 0 Å². The number of fused-ring (bicyclic) bond motifs is 1. The number of sulfonamides is 1. The van der Waals surface area contributed by atoms with Crippen molar-refractivity contribution in [3.8, 4) is 5.75 Å². The number of benzene rings is 2. The number of aryl methyl sites for hydroxylation is 2. The van der Waals surface area contributed by atoms with Gasteiger partial charge in [-0.15, -0.1) is 0 Å². The van der Waals surface area contributed by atoms with Gasteiger partial charge in [-0.1, -0.05) is 17.7 Å². The number of ether oxygens (including phenoxy) is 1. The van der Waals surface area contributed by atoms with Gasteiger partial charge in [-0.3, -0.25) is 0 Å². The number of nitrogens with one attached hydrogen (secondary N) is 1. The van der Waals surface area contributed by atoms with E-state index in [1.165, 1.54) is 25.1 Å². The third-order valence-corrected chi connectivity index (χ3v) is 6.22. The van der Waals surface area contributed by atoms with Crippen molar-refractivity contribution in [3.05, 3.63) is 69.6 Å². The molecule has 3 rings (SSSR count). The average molecular weight is 415 g/mol. The Hall–Kier alpha value is -2.97. The van der Waals surface area contributed by atoms with Crippen LogP contribution >= 0.6 is 0 Å². The quantitative estimate of drug-likeness (QED) is 0.390. The summed E-state index contributed by atoms with van der Waals surface area (Å²) in [6.07, 6.45) is 0. The zero-order chi connectivity index (χ0) is 21.3. The molecule has 0 radical (unpaired) electrons. The highest BCUT2D eigenvalue weighted by Crippen LogP contribution is 2.24. The third-order valence-electron chi connectivity index (χ3n) is 4.66. The fraction of sp³-hybridized carbons (Fsp3) is 0.238. The first-order valence-electron chi connectivity index (χ1n) is 8.93. The Morgan fingerprint density at radius 3 is 2.34 bits per heavy atom. The Morgan fingerprint density at radius 1 is 1.03 bits per heavy atom. The first-order valence-corrected chi connectivity index (χ1v) is 10.4. The molecular formula is C21H21NO6S. The van der Waals surface area contributed by atoms with Crippen LogP contribution < -0.4 is 15.1 Å². The lowest BCUT2D eigenvalue weighted by Gasteiger charge is -2.14. The summed E-state index contributed by atoms with van der Waals surface area (Å²) >= 11 is 0. The van der Waals surface area contributed by atoms with Gasteiger partial charge in [0.1, 0.15) is 17.4 Å². The topological polar surface area (TPSA) is 103 Å². The Bertz CT molecular complexity index is 1240. The summed E-state index contributed by atoms with van der Waals surface area (Å²) in [7, 11) is -3.87. The molecule has 1 N–H and O–H groups in total. The van der Waals surface area contributed by atoms with Gasteiger partial charge in [-0.05, 0) is 57.5 Å². The van der Waals surface area contributed by atoms with Crippen molar-refractivity contribution >= 4 is 27.0 Å². The van der Waals surface area contributed by atoms with Crippen molar-refractivity contribution in [3.63, 3.8) is 0 Å². The zero-order valence-corrected chi connectivity index (χ0v) is 17.3. The van der Waals surface area contributed by atoms with E-state index in [0.29, 0.717) is 5.56 Å². The van der Waals surface area contributed by atoms with Gasteiger partial charge in [0.05, 0.1) is 4.90 Å². The van der Waals surface area contributed by atoms with Gasteiger partial charge in [0, 0.05) is 17.0 Å². The second kappa shape index (κ2) is 7.81. The van der Waals surface area contributed by atoms with Gasteiger partial charge in [0.2, 0.25) is 10.0 Å². The summed E-state index contributed by atoms with van der Waals surface area (Å²) in [4.78, 5) is 24.3. The van der Waals surface area contributed by atoms with Crippen LogP contribution in [0.1, 0.15) is 23.6 Å². The Morgan fingerprint density at radius 2 is 1.69 bits per heavy atom. The maximum atomic E-state index is 12.4. The lowest BCUT2D eigenvalue weighted by Crippen LogP contribution is -2.40. The summed E-state index contributed by atoms with van der Waals surface area (Å²) in [5.41, 5.74) is 2.05. The largest absolute Gasteiger partial charge is 0.425 e. The van der Waals surface area contributed by atoms with E-state index in [1.54, 1.807) is 31.2 Å². The number of rotatable bonds is 5. The SMILES string of the molecule is Cc1ccc(S(=O)(=O)N[C@H](C)C(=O)Oc2ccc3c(C)c(C)c(=O)oc3c2)cc1. The molecule has 1 atom stereocenters. The van der Waals surface area contributed by atoms with Crippen LogP contribution in [0.2, 0.25) is 0 Å². The first kappa shape index (κ1) is 20.8. The highest BCUT2D eigenvalue weighted by Gasteiger charge is 2.23. The zero-order valence-electron chi connectivity index (χ0n) is 16.5. The third kappa shape index (κ3) is 4.38. The maximum absolute atomic E-state index is 12.4. The molecule has 0 saturated carbocycles. The van der Waals surface area contributed by atoms with Crippen molar-refractivity contribution in [1.82, 2.24) is 4.72 Å². The number of esters is 1. The molecule has 0 fully saturated rings. The molecule has 3 aromatic rings. The first-order chi connectivity index (χ1) is 13.6. The standard InChI is InChI=1S/C21H21NO6S/c1-12-5-8-17(9-6-12)29(25,26)22-15(4)21(24)27-16-7-10-18-13(2)14(3)20(23)28-19(18)11-16/h5-11,15,22H,1-4H3/t15-/m1/s1. The van der Waals surface area contributed by atoms with E-state index in [-0.39, 0.29) is 16.2 Å². The van der Waals surface area contributed by atoms with E-state index in [4.69, 9.17) is 9.15 Å². The molecule has 29 heavy (non-hydrogen) atoms. The minimum absolute atomic E-state index is 0.0566. The van der Waals surface area contributed by atoms with Crippen LogP contribution in [0.15, 0.2) is 56.6 Å². The number of hydrogen-bond acceptors (Lipinski definition) is 6. The highest BCUT2D eigenvalue weighted by molar-refractivity contribution is 7.89. The molecule has 0 amide bonds. The van der Waals surface area contributed by atoms with E-state index in [1.807, 2.05) is 13.8 Å². The maximum Gasteiger partial charge on any atom is 0.339 e. The van der Waals surface area contributed by atoms with Crippen LogP contribution in [-0.2, 0) is 14.8 Å². The van der Waals surface area contributed by atoms with Gasteiger partial charge in [-0.2, -0.15) is 4.72 Å². The Balaban J connectivity index is 1.78. The Kier molecular flexibility index (Phi) is 5.59. The molecule has 7 nitrogen and oxygen atoms in total. The van der Waals surface area contributed by atoms with Gasteiger partial charge >= 0.3 is 11.6 Å². The van der Waals surface area contributed by atoms with E-state index in [0.717, 1.165) is 16.5 Å². The lowest BCUT2D eigenvalue weighted by molar-refractivity contribution is -0.135. The van der Waals surface area contributed by atoms with Gasteiger partial charge < -0.3 is 9.15 Å². The minimum atomic E-state index is -3.87. The van der Waals surface area contributed by atoms with E-state index in [2.05, 4.69) is 4.72 Å². The summed E-state index contributed by atoms with van der Waals surface area (Å²) in [6, 6.07) is 9.83. The minimum Gasteiger partial charge on any atom is -0.425 e. The summed E-state index contributed by atoms with van der Waals surface area (Å²) < 4.78 is 37.7. The van der Waals surface area contributed by atoms with Crippen molar-refractivity contribution < 1.29 is 22.4 Å². The van der Waals surface area contributed by atoms with Crippen LogP contribution in [-0.4, -0.2) is 20.4 Å². The second-order valence-electron chi connectivity index (χ2n) is 6.87. The molecule has 8 heteroatoms. The van der Waals surface area contributed by atoms with Gasteiger partial charge in [0.25, 0.3) is 0 Å². The summed E-state index contributed by atoms with van der Waals surface area (Å²) in [5, 5.41) is 0.732. The number of carbonyl (C=O) groups is 1. The molecule has 1 aromatic heterocycles. The van der Waals surface area contributed by atoms with Crippen LogP contribution in [0.4, 0.5) is 0 Å². The molecule has 0 aliphatic carbocycles. The fourth-order valence-electron chi connectivity index (χ4n) is 2.76. The number of hydrogen-bond donors (Lipinski definition) is 1. The molecular weight excluding hydrogens is 394 g/mol. The molecule has 1 heterocycles. The molecule has 0 aliphatic rings. The molecule has 0 saturated heterocycles. The Labute approximate surface area is 168 Å². The molecule has 0 unspecified atom stereocenters. The highest BCUT2D eigenvalue weighted by atomic mass is 32.2. The smallest absolute Gasteiger partial charge is 0.339 e. The predicted octanol–water partition coefficient (Wildman–Crippen LogP) is 2.99. The molecule has 0 aliphatic heterocycles.